The number of carboxylic acid groups (broad SMARTS) is 1. The van der Waals surface area contributed by atoms with Gasteiger partial charge in [0.15, 0.2) is 5.96 Å². The van der Waals surface area contributed by atoms with E-state index >= 15 is 0 Å². The quantitative estimate of drug-likeness (QED) is 0.107. The zero-order chi connectivity index (χ0) is 23.2. The van der Waals surface area contributed by atoms with Crippen molar-refractivity contribution in [2.24, 2.45) is 10.7 Å². The molecule has 30 heavy (non-hydrogen) atoms. The first-order valence-corrected chi connectivity index (χ1v) is 9.50. The maximum Gasteiger partial charge on any atom is 0.408 e. The minimum atomic E-state index is -1.20. The van der Waals surface area contributed by atoms with Gasteiger partial charge in [0, 0.05) is 13.0 Å². The lowest BCUT2D eigenvalue weighted by molar-refractivity contribution is -0.757. The summed E-state index contributed by atoms with van der Waals surface area (Å²) in [5, 5.41) is 23.0. The predicted octanol–water partition coefficient (Wildman–Crippen LogP) is 0.944. The van der Waals surface area contributed by atoms with E-state index in [1.165, 1.54) is 0 Å². The highest BCUT2D eigenvalue weighted by Gasteiger charge is 2.23. The molecule has 2 amide bonds. The maximum atomic E-state index is 11.7. The normalized spacial score (nSPS) is 12.6. The number of rotatable bonds is 13. The number of nitrogens with zero attached hydrogens (tertiary/aromatic N) is 2. The van der Waals surface area contributed by atoms with Crippen LogP contribution in [0.4, 0.5) is 4.79 Å². The Hall–Kier alpha value is -3.12. The maximum absolute atomic E-state index is 11.7. The second-order valence-electron chi connectivity index (χ2n) is 7.36. The number of unbranched alkanes of at least 4 members (excludes halogenated alkanes) is 2. The zero-order valence-corrected chi connectivity index (χ0v) is 17.5. The molecule has 1 unspecified atom stereocenters. The van der Waals surface area contributed by atoms with Crippen molar-refractivity contribution >= 4 is 23.9 Å². The molecule has 13 heteroatoms. The second kappa shape index (κ2) is 14.0. The summed E-state index contributed by atoms with van der Waals surface area (Å²) in [6, 6.07) is -1.13. The third-order valence-electron chi connectivity index (χ3n) is 3.43. The molecule has 0 saturated heterocycles. The summed E-state index contributed by atoms with van der Waals surface area (Å²) in [4.78, 5) is 52.7. The number of hydrogen-bond donors (Lipinski definition) is 4. The number of carbonyl (C=O) groups excluding carboxylic acids is 2. The molecule has 0 aliphatic heterocycles. The molecule has 0 aromatic carbocycles. The van der Waals surface area contributed by atoms with E-state index in [0.717, 1.165) is 0 Å². The third kappa shape index (κ3) is 15.9. The van der Waals surface area contributed by atoms with Gasteiger partial charge in [0.25, 0.3) is 5.09 Å². The number of carbonyl (C=O) groups is 3. The summed E-state index contributed by atoms with van der Waals surface area (Å²) in [5.41, 5.74) is 4.86. The Morgan fingerprint density at radius 3 is 2.43 bits per heavy atom. The van der Waals surface area contributed by atoms with Crippen molar-refractivity contribution < 1.29 is 34.2 Å². The topological polar surface area (TPSA) is 195 Å². The largest absolute Gasteiger partial charge is 0.480 e. The van der Waals surface area contributed by atoms with Gasteiger partial charge in [-0.2, -0.15) is 0 Å². The van der Waals surface area contributed by atoms with Gasteiger partial charge in [-0.05, 0) is 46.5 Å². The molecule has 0 aliphatic carbocycles. The smallest absolute Gasteiger partial charge is 0.408 e. The molecule has 0 aromatic rings. The predicted molar refractivity (Wildman–Crippen MR) is 106 cm³/mol. The number of alkyl carbamates (subject to hydrolysis) is 1. The highest BCUT2D eigenvalue weighted by Crippen LogP contribution is 2.08. The van der Waals surface area contributed by atoms with Gasteiger partial charge in [0.05, 0.1) is 6.61 Å². The molecule has 5 N–H and O–H groups in total. The van der Waals surface area contributed by atoms with Crippen LogP contribution in [0.3, 0.4) is 0 Å². The Morgan fingerprint density at radius 1 is 1.20 bits per heavy atom. The summed E-state index contributed by atoms with van der Waals surface area (Å²) in [6.45, 7) is 5.14. The Bertz CT molecular complexity index is 618. The molecule has 0 bridgehead atoms. The molecule has 0 heterocycles. The number of ether oxygens (including phenoxy) is 1. The number of hydrogen-bond acceptors (Lipinski definition) is 8. The molecule has 172 valence electrons. The molecule has 0 fully saturated rings. The number of carboxylic acids is 1. The molecule has 0 saturated carbocycles. The van der Waals surface area contributed by atoms with Crippen LogP contribution in [-0.2, 0) is 19.2 Å². The van der Waals surface area contributed by atoms with Crippen LogP contribution in [0, 0.1) is 10.1 Å². The Labute approximate surface area is 174 Å². The third-order valence-corrected chi connectivity index (χ3v) is 3.43. The zero-order valence-electron chi connectivity index (χ0n) is 17.5. The van der Waals surface area contributed by atoms with Crippen molar-refractivity contribution in [3.63, 3.8) is 0 Å². The fourth-order valence-corrected chi connectivity index (χ4v) is 2.15. The van der Waals surface area contributed by atoms with Crippen LogP contribution in [0.1, 0.15) is 59.3 Å². The van der Waals surface area contributed by atoms with E-state index in [1.807, 2.05) is 0 Å². The van der Waals surface area contributed by atoms with Gasteiger partial charge in [0.2, 0.25) is 5.91 Å². The summed E-state index contributed by atoms with van der Waals surface area (Å²) in [7, 11) is 0. The fraction of sp³-hybridized carbons (Fsp3) is 0.765. The summed E-state index contributed by atoms with van der Waals surface area (Å²) < 4.78 is 5.03. The summed E-state index contributed by atoms with van der Waals surface area (Å²) in [6.07, 6.45) is 1.31. The Kier molecular flexibility index (Phi) is 12.5. The Balaban J connectivity index is 4.12. The number of nitrogens with one attached hydrogen (secondary N) is 2. The van der Waals surface area contributed by atoms with Crippen molar-refractivity contribution in [2.45, 2.75) is 70.9 Å². The standard InChI is InChI=1S/C17H31N5O8/c1-17(2,3)30-16(26)20-12(14(24)25)8-7-10-19-15(18)21-13(23)9-5-4-6-11-29-22(27)28/h12H,4-11H2,1-3H3,(H,20,26)(H,24,25)(H3,18,19,21,23). The van der Waals surface area contributed by atoms with E-state index in [1.54, 1.807) is 20.8 Å². The van der Waals surface area contributed by atoms with E-state index < -0.39 is 28.8 Å². The SMILES string of the molecule is CC(C)(C)OC(=O)NC(CCCN=C(N)NC(=O)CCCCCO[N+](=O)[O-])C(=O)O. The van der Waals surface area contributed by atoms with Crippen molar-refractivity contribution in [1.82, 2.24) is 10.6 Å². The minimum absolute atomic E-state index is 0.0155. The molecular weight excluding hydrogens is 402 g/mol. The first-order chi connectivity index (χ1) is 13.9. The van der Waals surface area contributed by atoms with Crippen molar-refractivity contribution in [2.75, 3.05) is 13.2 Å². The average molecular weight is 433 g/mol. The monoisotopic (exact) mass is 433 g/mol. The molecule has 0 aliphatic rings. The first-order valence-electron chi connectivity index (χ1n) is 9.50. The summed E-state index contributed by atoms with van der Waals surface area (Å²) in [5.74, 6) is -1.64. The lowest BCUT2D eigenvalue weighted by atomic mass is 10.1. The first kappa shape index (κ1) is 26.9. The van der Waals surface area contributed by atoms with E-state index in [-0.39, 0.29) is 37.9 Å². The average Bonchev–Trinajstić information content (AvgIpc) is 2.58. The lowest BCUT2D eigenvalue weighted by Crippen LogP contribution is -2.43. The van der Waals surface area contributed by atoms with Gasteiger partial charge in [0.1, 0.15) is 11.6 Å². The van der Waals surface area contributed by atoms with Gasteiger partial charge < -0.3 is 25.7 Å². The molecular formula is C17H31N5O8. The van der Waals surface area contributed by atoms with E-state index in [0.29, 0.717) is 25.7 Å². The van der Waals surface area contributed by atoms with Gasteiger partial charge in [-0.25, -0.2) is 9.59 Å². The van der Waals surface area contributed by atoms with Crippen LogP contribution in [0.15, 0.2) is 4.99 Å². The highest BCUT2D eigenvalue weighted by atomic mass is 16.9. The van der Waals surface area contributed by atoms with Crippen LogP contribution in [0.25, 0.3) is 0 Å². The number of aliphatic carboxylic acids is 1. The molecule has 0 aromatic heterocycles. The van der Waals surface area contributed by atoms with Crippen LogP contribution in [0.5, 0.6) is 0 Å². The van der Waals surface area contributed by atoms with E-state index in [2.05, 4.69) is 20.5 Å². The Morgan fingerprint density at radius 2 is 1.87 bits per heavy atom. The molecule has 1 atom stereocenters. The second-order valence-corrected chi connectivity index (χ2v) is 7.36. The van der Waals surface area contributed by atoms with Gasteiger partial charge in [-0.1, -0.05) is 6.42 Å². The molecule has 0 radical (unpaired) electrons. The number of guanidine groups is 1. The number of nitrogens with two attached hydrogens (primary N) is 1. The molecule has 0 spiro atoms. The lowest BCUT2D eigenvalue weighted by Gasteiger charge is -2.21. The van der Waals surface area contributed by atoms with E-state index in [9.17, 15) is 29.6 Å². The van der Waals surface area contributed by atoms with Crippen LogP contribution in [-0.4, -0.2) is 58.9 Å². The van der Waals surface area contributed by atoms with Crippen molar-refractivity contribution in [3.05, 3.63) is 10.1 Å². The summed E-state index contributed by atoms with van der Waals surface area (Å²) >= 11 is 0. The van der Waals surface area contributed by atoms with Crippen molar-refractivity contribution in [1.29, 1.82) is 0 Å². The number of amides is 2. The molecule has 13 nitrogen and oxygen atoms in total. The fourth-order valence-electron chi connectivity index (χ4n) is 2.15. The highest BCUT2D eigenvalue weighted by molar-refractivity contribution is 5.96. The van der Waals surface area contributed by atoms with Crippen LogP contribution >= 0.6 is 0 Å². The van der Waals surface area contributed by atoms with E-state index in [4.69, 9.17) is 10.5 Å². The van der Waals surface area contributed by atoms with Crippen LogP contribution < -0.4 is 16.4 Å². The number of aliphatic imine (C=N–C) groups is 1. The van der Waals surface area contributed by atoms with Gasteiger partial charge in [-0.15, -0.1) is 10.1 Å². The van der Waals surface area contributed by atoms with Gasteiger partial charge in [-0.3, -0.25) is 15.1 Å². The molecule has 0 rings (SSSR count). The van der Waals surface area contributed by atoms with Crippen LogP contribution in [0.2, 0.25) is 0 Å². The van der Waals surface area contributed by atoms with Crippen molar-refractivity contribution in [3.8, 4) is 0 Å². The minimum Gasteiger partial charge on any atom is -0.480 e. The van der Waals surface area contributed by atoms with Gasteiger partial charge >= 0.3 is 12.1 Å².